The number of amides is 1. The Kier molecular flexibility index (Phi) is 6.14. The number of para-hydroxylation sites is 4. The summed E-state index contributed by atoms with van der Waals surface area (Å²) < 4.78 is 5.58. The van der Waals surface area contributed by atoms with Gasteiger partial charge in [0.1, 0.15) is 10.8 Å². The lowest BCUT2D eigenvalue weighted by Gasteiger charge is -2.19. The minimum Gasteiger partial charge on any atom is -0.492 e. The fourth-order valence-electron chi connectivity index (χ4n) is 3.38. The Balaban J connectivity index is 1.51. The second-order valence-electron chi connectivity index (χ2n) is 6.80. The average Bonchev–Trinajstić information content (AvgIpc) is 3.28. The van der Waals surface area contributed by atoms with E-state index < -0.39 is 0 Å². The van der Waals surface area contributed by atoms with Crippen molar-refractivity contribution in [2.24, 2.45) is 0 Å². The molecule has 1 aliphatic rings. The molecule has 1 N–H and O–H groups in total. The summed E-state index contributed by atoms with van der Waals surface area (Å²) >= 11 is 1.43. The number of carbonyl (C=O) groups is 1. The Morgan fingerprint density at radius 3 is 2.52 bits per heavy atom. The van der Waals surface area contributed by atoms with Crippen LogP contribution in [0.5, 0.6) is 5.75 Å². The first kappa shape index (κ1) is 19.5. The highest BCUT2D eigenvalue weighted by Crippen LogP contribution is 2.31. The lowest BCUT2D eigenvalue weighted by Crippen LogP contribution is -2.21. The van der Waals surface area contributed by atoms with Gasteiger partial charge in [0.2, 0.25) is 5.91 Å². The summed E-state index contributed by atoms with van der Waals surface area (Å²) in [4.78, 5) is 24.5. The maximum atomic E-state index is 12.6. The van der Waals surface area contributed by atoms with Crippen molar-refractivity contribution in [2.45, 2.75) is 24.8 Å². The highest BCUT2D eigenvalue weighted by atomic mass is 32.2. The molecule has 1 amide bonds. The standard InChI is InChI=1S/C22H24N4O2S/c1-2-28-19-12-6-5-11-18(19)23-20(27)15-29-22-21(26-13-7-8-14-26)24-16-9-3-4-10-17(16)25-22/h3-6,9-12H,2,7-8,13-15H2,1H3,(H,23,27). The van der Waals surface area contributed by atoms with Crippen LogP contribution in [0.1, 0.15) is 19.8 Å². The van der Waals surface area contributed by atoms with Gasteiger partial charge in [-0.05, 0) is 44.0 Å². The molecule has 29 heavy (non-hydrogen) atoms. The highest BCUT2D eigenvalue weighted by molar-refractivity contribution is 8.00. The first-order chi connectivity index (χ1) is 14.2. The monoisotopic (exact) mass is 408 g/mol. The summed E-state index contributed by atoms with van der Waals surface area (Å²) in [6.07, 6.45) is 2.32. The van der Waals surface area contributed by atoms with Crippen LogP contribution >= 0.6 is 11.8 Å². The predicted molar refractivity (Wildman–Crippen MR) is 118 cm³/mol. The Hall–Kier alpha value is -2.80. The van der Waals surface area contributed by atoms with E-state index in [1.807, 2.05) is 55.5 Å². The largest absolute Gasteiger partial charge is 0.492 e. The summed E-state index contributed by atoms with van der Waals surface area (Å²) in [5, 5.41) is 3.75. The van der Waals surface area contributed by atoms with E-state index in [4.69, 9.17) is 14.7 Å². The third kappa shape index (κ3) is 4.62. The highest BCUT2D eigenvalue weighted by Gasteiger charge is 2.20. The van der Waals surface area contributed by atoms with E-state index in [1.54, 1.807) is 0 Å². The first-order valence-electron chi connectivity index (χ1n) is 9.91. The molecule has 0 radical (unpaired) electrons. The fourth-order valence-corrected chi connectivity index (χ4v) is 4.18. The number of ether oxygens (including phenoxy) is 1. The summed E-state index contributed by atoms with van der Waals surface area (Å²) in [6, 6.07) is 15.3. The van der Waals surface area contributed by atoms with Crippen LogP contribution in [-0.2, 0) is 4.79 Å². The number of anilines is 2. The second kappa shape index (κ2) is 9.13. The van der Waals surface area contributed by atoms with Crippen molar-refractivity contribution in [3.8, 4) is 5.75 Å². The van der Waals surface area contributed by atoms with Crippen molar-refractivity contribution in [3.63, 3.8) is 0 Å². The molecule has 0 saturated carbocycles. The van der Waals surface area contributed by atoms with E-state index in [2.05, 4.69) is 10.2 Å². The molecule has 0 unspecified atom stereocenters. The number of nitrogens with one attached hydrogen (secondary N) is 1. The molecule has 3 aromatic rings. The third-order valence-corrected chi connectivity index (χ3v) is 5.68. The zero-order valence-electron chi connectivity index (χ0n) is 16.4. The van der Waals surface area contributed by atoms with Crippen molar-refractivity contribution in [1.29, 1.82) is 0 Å². The number of thioether (sulfide) groups is 1. The van der Waals surface area contributed by atoms with Gasteiger partial charge in [-0.3, -0.25) is 4.79 Å². The van der Waals surface area contributed by atoms with Gasteiger partial charge in [-0.2, -0.15) is 0 Å². The molecule has 1 saturated heterocycles. The van der Waals surface area contributed by atoms with Crippen LogP contribution in [0, 0.1) is 0 Å². The van der Waals surface area contributed by atoms with Crippen molar-refractivity contribution >= 4 is 40.2 Å². The van der Waals surface area contributed by atoms with E-state index in [1.165, 1.54) is 11.8 Å². The summed E-state index contributed by atoms with van der Waals surface area (Å²) in [5.74, 6) is 1.73. The first-order valence-corrected chi connectivity index (χ1v) is 10.9. The van der Waals surface area contributed by atoms with Crippen molar-refractivity contribution in [3.05, 3.63) is 48.5 Å². The average molecular weight is 409 g/mol. The molecule has 6 nitrogen and oxygen atoms in total. The van der Waals surface area contributed by atoms with Gasteiger partial charge < -0.3 is 15.0 Å². The Bertz CT molecular complexity index is 1010. The maximum Gasteiger partial charge on any atom is 0.234 e. The van der Waals surface area contributed by atoms with Gasteiger partial charge in [-0.1, -0.05) is 36.0 Å². The topological polar surface area (TPSA) is 67.3 Å². The molecule has 2 heterocycles. The van der Waals surface area contributed by atoms with Crippen molar-refractivity contribution in [2.75, 3.05) is 35.7 Å². The fraction of sp³-hybridized carbons (Fsp3) is 0.318. The molecule has 150 valence electrons. The minimum atomic E-state index is -0.0931. The molecule has 0 aliphatic carbocycles. The molecular formula is C22H24N4O2S. The number of aromatic nitrogens is 2. The van der Waals surface area contributed by atoms with Crippen LogP contribution < -0.4 is 15.0 Å². The molecule has 2 aromatic carbocycles. The van der Waals surface area contributed by atoms with Crippen LogP contribution in [0.15, 0.2) is 53.6 Å². The normalized spacial score (nSPS) is 13.6. The van der Waals surface area contributed by atoms with E-state index in [9.17, 15) is 4.79 Å². The van der Waals surface area contributed by atoms with Gasteiger partial charge in [-0.15, -0.1) is 0 Å². The van der Waals surface area contributed by atoms with Gasteiger partial charge in [-0.25, -0.2) is 9.97 Å². The number of nitrogens with zero attached hydrogens (tertiary/aromatic N) is 3. The van der Waals surface area contributed by atoms with E-state index in [0.717, 1.165) is 47.8 Å². The number of benzene rings is 2. The lowest BCUT2D eigenvalue weighted by atomic mass is 10.3. The minimum absolute atomic E-state index is 0.0931. The lowest BCUT2D eigenvalue weighted by molar-refractivity contribution is -0.113. The van der Waals surface area contributed by atoms with Gasteiger partial charge in [0.15, 0.2) is 5.82 Å². The molecular weight excluding hydrogens is 384 g/mol. The Labute approximate surface area is 174 Å². The Morgan fingerprint density at radius 1 is 1.07 bits per heavy atom. The number of hydrogen-bond donors (Lipinski definition) is 1. The smallest absolute Gasteiger partial charge is 0.234 e. The third-order valence-electron chi connectivity index (χ3n) is 4.73. The molecule has 0 bridgehead atoms. The molecule has 7 heteroatoms. The van der Waals surface area contributed by atoms with Gasteiger partial charge >= 0.3 is 0 Å². The summed E-state index contributed by atoms with van der Waals surface area (Å²) in [5.41, 5.74) is 2.42. The number of carbonyl (C=O) groups excluding carboxylic acids is 1. The van der Waals surface area contributed by atoms with Crippen LogP contribution in [0.3, 0.4) is 0 Å². The van der Waals surface area contributed by atoms with Gasteiger partial charge in [0.25, 0.3) is 0 Å². The van der Waals surface area contributed by atoms with Crippen LogP contribution in [-0.4, -0.2) is 41.3 Å². The predicted octanol–water partition coefficient (Wildman–Crippen LogP) is 4.36. The van der Waals surface area contributed by atoms with Gasteiger partial charge in [0, 0.05) is 13.1 Å². The summed E-state index contributed by atoms with van der Waals surface area (Å²) in [7, 11) is 0. The van der Waals surface area contributed by atoms with Crippen molar-refractivity contribution in [1.82, 2.24) is 9.97 Å². The Morgan fingerprint density at radius 2 is 1.76 bits per heavy atom. The SMILES string of the molecule is CCOc1ccccc1NC(=O)CSc1nc2ccccc2nc1N1CCCC1. The molecule has 1 aliphatic heterocycles. The van der Waals surface area contributed by atoms with Gasteiger partial charge in [0.05, 0.1) is 29.1 Å². The molecule has 1 aromatic heterocycles. The molecule has 4 rings (SSSR count). The van der Waals surface area contributed by atoms with E-state index in [0.29, 0.717) is 18.0 Å². The zero-order valence-corrected chi connectivity index (χ0v) is 17.2. The molecule has 0 spiro atoms. The van der Waals surface area contributed by atoms with Crippen LogP contribution in [0.2, 0.25) is 0 Å². The summed E-state index contributed by atoms with van der Waals surface area (Å²) in [6.45, 7) is 4.43. The van der Waals surface area contributed by atoms with Crippen molar-refractivity contribution < 1.29 is 9.53 Å². The van der Waals surface area contributed by atoms with E-state index >= 15 is 0 Å². The zero-order chi connectivity index (χ0) is 20.1. The maximum absolute atomic E-state index is 12.6. The van der Waals surface area contributed by atoms with Crippen LogP contribution in [0.25, 0.3) is 11.0 Å². The number of fused-ring (bicyclic) bond motifs is 1. The molecule has 0 atom stereocenters. The second-order valence-corrected chi connectivity index (χ2v) is 7.77. The number of hydrogen-bond acceptors (Lipinski definition) is 6. The molecule has 1 fully saturated rings. The van der Waals surface area contributed by atoms with E-state index in [-0.39, 0.29) is 11.7 Å². The quantitative estimate of drug-likeness (QED) is 0.586. The van der Waals surface area contributed by atoms with Crippen LogP contribution in [0.4, 0.5) is 11.5 Å². The number of rotatable bonds is 7.